The van der Waals surface area contributed by atoms with Gasteiger partial charge >= 0.3 is 20.0 Å². The van der Waals surface area contributed by atoms with Crippen molar-refractivity contribution in [2.75, 3.05) is 0 Å². The molecule has 0 saturated carbocycles. The second-order valence-electron chi connectivity index (χ2n) is 0. The summed E-state index contributed by atoms with van der Waals surface area (Å²) >= 11 is 1.38. The Kier molecular flexibility index (Phi) is 452. The topological polar surface area (TPSA) is 17.1 Å². The van der Waals surface area contributed by atoms with Crippen LogP contribution in [0.25, 0.3) is 0 Å². The van der Waals surface area contributed by atoms with Crippen LogP contribution >= 0.6 is 12.4 Å². The van der Waals surface area contributed by atoms with Crippen LogP contribution < -0.4 is 0 Å². The first-order valence-electron chi connectivity index (χ1n) is 0.167. The van der Waals surface area contributed by atoms with Gasteiger partial charge in [0, 0.05) is 0 Å². The van der Waals surface area contributed by atoms with Crippen LogP contribution in [0.1, 0.15) is 0 Å². The molecule has 0 fully saturated rings. The van der Waals surface area contributed by atoms with Gasteiger partial charge in [0.2, 0.25) is 0 Å². The number of halogens is 2. The molecule has 0 bridgehead atoms. The summed E-state index contributed by atoms with van der Waals surface area (Å²) in [6.07, 6.45) is 0. The molecule has 0 atom stereocenters. The zero-order valence-electron chi connectivity index (χ0n) is 1.63. The molecule has 0 aliphatic carbocycles. The van der Waals surface area contributed by atoms with E-state index in [4.69, 9.17) is 3.80 Å². The van der Waals surface area contributed by atoms with Gasteiger partial charge in [-0.2, -0.15) is 0 Å². The first-order chi connectivity index (χ1) is 1.00. The third kappa shape index (κ3) is 20.2. The molecule has 4 heteroatoms. The Morgan fingerprint density at radius 3 is 1.25 bits per heavy atom. The molecule has 0 unspecified atom stereocenters. The first-order valence-corrected chi connectivity index (χ1v) is 0.687. The quantitative estimate of drug-likeness (QED) is 0.458. The Bertz CT molecular complexity index is 8.00. The summed E-state index contributed by atoms with van der Waals surface area (Å²) in [5.74, 6) is 0. The van der Waals surface area contributed by atoms with Crippen LogP contribution in [0, 0.1) is 0 Å². The molecular weight excluding hydrogens is 122 g/mol. The van der Waals surface area contributed by atoms with Crippen molar-refractivity contribution in [3.8, 4) is 0 Å². The van der Waals surface area contributed by atoms with Crippen LogP contribution in [0.4, 0.5) is 4.70 Å². The van der Waals surface area contributed by atoms with E-state index in [0.717, 1.165) is 0 Å². The SMILES string of the molecule is Cl.F.[O]=[Cr]. The summed E-state index contributed by atoms with van der Waals surface area (Å²) in [7, 11) is 0. The molecule has 0 saturated heterocycles. The molecule has 0 N–H and O–H groups in total. The average Bonchev–Trinajstić information content (AvgIpc) is 1.00. The van der Waals surface area contributed by atoms with Crippen molar-refractivity contribution in [1.29, 1.82) is 0 Å². The van der Waals surface area contributed by atoms with E-state index >= 15 is 0 Å². The maximum atomic E-state index is 8.12. The van der Waals surface area contributed by atoms with Crippen LogP contribution in [-0.2, 0) is 20.0 Å². The Balaban J connectivity index is -0.00000000500. The van der Waals surface area contributed by atoms with Gasteiger partial charge < -0.3 is 0 Å². The molecule has 0 aromatic carbocycles. The molecule has 0 spiro atoms. The van der Waals surface area contributed by atoms with Gasteiger partial charge in [-0.3, -0.25) is 4.70 Å². The van der Waals surface area contributed by atoms with Gasteiger partial charge in [-0.15, -0.1) is 12.4 Å². The summed E-state index contributed by atoms with van der Waals surface area (Å²) < 4.78 is 8.12. The minimum atomic E-state index is 0. The van der Waals surface area contributed by atoms with Crippen LogP contribution in [0.2, 0.25) is 0 Å². The summed E-state index contributed by atoms with van der Waals surface area (Å²) in [4.78, 5) is 0. The normalized spacial score (nSPS) is 1.00. The zero-order valence-corrected chi connectivity index (χ0v) is 3.72. The predicted octanol–water partition coefficient (Wildman–Crippen LogP) is 0.453. The molecule has 1 nitrogen and oxygen atoms in total. The van der Waals surface area contributed by atoms with E-state index in [9.17, 15) is 0 Å². The number of hydrogen-bond donors (Lipinski definition) is 0. The van der Waals surface area contributed by atoms with Gasteiger partial charge in [-0.05, 0) is 0 Å². The van der Waals surface area contributed by atoms with E-state index < -0.39 is 0 Å². The summed E-state index contributed by atoms with van der Waals surface area (Å²) in [5.41, 5.74) is 0. The fourth-order valence-corrected chi connectivity index (χ4v) is 0. The van der Waals surface area contributed by atoms with Crippen molar-refractivity contribution < 1.29 is 24.7 Å². The van der Waals surface area contributed by atoms with Crippen molar-refractivity contribution in [3.63, 3.8) is 0 Å². The van der Waals surface area contributed by atoms with E-state index in [1.807, 2.05) is 0 Å². The first kappa shape index (κ1) is 23.8. The zero-order chi connectivity index (χ0) is 2.00. The monoisotopic (exact) mass is 124 g/mol. The van der Waals surface area contributed by atoms with Crippen molar-refractivity contribution >= 4 is 12.4 Å². The Morgan fingerprint density at radius 1 is 1.25 bits per heavy atom. The molecule has 0 amide bonds. The van der Waals surface area contributed by atoms with Crippen molar-refractivity contribution in [2.45, 2.75) is 0 Å². The van der Waals surface area contributed by atoms with E-state index in [-0.39, 0.29) is 17.1 Å². The van der Waals surface area contributed by atoms with Gasteiger partial charge in [0.15, 0.2) is 0 Å². The minimum absolute atomic E-state index is 0. The van der Waals surface area contributed by atoms with Crippen LogP contribution in [0.15, 0.2) is 0 Å². The average molecular weight is 124 g/mol. The molecule has 0 rings (SSSR count). The number of hydrogen-bond acceptors (Lipinski definition) is 1. The van der Waals surface area contributed by atoms with Crippen LogP contribution in [0.3, 0.4) is 0 Å². The van der Waals surface area contributed by atoms with E-state index in [2.05, 4.69) is 0 Å². The molecule has 0 heterocycles. The van der Waals surface area contributed by atoms with E-state index in [1.165, 1.54) is 16.2 Å². The van der Waals surface area contributed by atoms with Crippen LogP contribution in [0.5, 0.6) is 0 Å². The molecule has 4 heavy (non-hydrogen) atoms. The van der Waals surface area contributed by atoms with Crippen LogP contribution in [-0.4, -0.2) is 0 Å². The second kappa shape index (κ2) is 75.8. The number of rotatable bonds is 0. The van der Waals surface area contributed by atoms with Gasteiger partial charge in [0.1, 0.15) is 0 Å². The molecule has 0 aliphatic heterocycles. The molecule has 0 aliphatic rings. The van der Waals surface area contributed by atoms with Crippen molar-refractivity contribution in [3.05, 3.63) is 0 Å². The van der Waals surface area contributed by atoms with E-state index in [1.54, 1.807) is 0 Å². The standard InChI is InChI=1S/ClH.Cr.FH.O/h1H;;1H;. The fraction of sp³-hybridized carbons (Fsp3) is 0. The molecular formula is H2ClCrFO. The fourth-order valence-electron chi connectivity index (χ4n) is 0. The van der Waals surface area contributed by atoms with Gasteiger partial charge in [0.25, 0.3) is 0 Å². The Labute approximate surface area is 37.8 Å². The molecule has 0 aromatic heterocycles. The summed E-state index contributed by atoms with van der Waals surface area (Å²) in [5, 5.41) is 0. The van der Waals surface area contributed by atoms with Crippen molar-refractivity contribution in [1.82, 2.24) is 0 Å². The van der Waals surface area contributed by atoms with Gasteiger partial charge in [-0.1, -0.05) is 0 Å². The van der Waals surface area contributed by atoms with Gasteiger partial charge in [0.05, 0.1) is 0 Å². The van der Waals surface area contributed by atoms with Crippen molar-refractivity contribution in [2.24, 2.45) is 0 Å². The third-order valence-corrected chi connectivity index (χ3v) is 0. The van der Waals surface area contributed by atoms with Gasteiger partial charge in [-0.25, -0.2) is 0 Å². The summed E-state index contributed by atoms with van der Waals surface area (Å²) in [6.45, 7) is 0. The Morgan fingerprint density at radius 2 is 1.25 bits per heavy atom. The molecule has 0 aromatic rings. The molecule has 28 valence electrons. The second-order valence-corrected chi connectivity index (χ2v) is 0. The van der Waals surface area contributed by atoms with E-state index in [0.29, 0.717) is 0 Å². The predicted molar refractivity (Wildman–Crippen MR) is 10.4 cm³/mol. The summed E-state index contributed by atoms with van der Waals surface area (Å²) in [6, 6.07) is 0. The molecule has 0 radical (unpaired) electrons. The Hall–Kier alpha value is 0.552. The maximum absolute atomic E-state index is 8.12. The third-order valence-electron chi connectivity index (χ3n) is 0.